The van der Waals surface area contributed by atoms with Crippen molar-refractivity contribution >= 4 is 6.21 Å². The predicted molar refractivity (Wildman–Crippen MR) is 53.7 cm³/mol. The van der Waals surface area contributed by atoms with E-state index in [1.165, 1.54) is 6.07 Å². The summed E-state index contributed by atoms with van der Waals surface area (Å²) in [6.45, 7) is 5.93. The average Bonchev–Trinajstić information content (AvgIpc) is 2.01. The predicted octanol–water partition coefficient (Wildman–Crippen LogP) is 3.04. The molecule has 0 aliphatic rings. The molecule has 0 spiro atoms. The fraction of sp³-hybridized carbons (Fsp3) is 0.364. The lowest BCUT2D eigenvalue weighted by Crippen LogP contribution is -2.09. The van der Waals surface area contributed by atoms with E-state index in [9.17, 15) is 4.39 Å². The molecule has 0 aliphatic heterocycles. The van der Waals surface area contributed by atoms with E-state index in [4.69, 9.17) is 0 Å². The first-order chi connectivity index (χ1) is 5.99. The van der Waals surface area contributed by atoms with Crippen molar-refractivity contribution in [3.63, 3.8) is 0 Å². The van der Waals surface area contributed by atoms with Gasteiger partial charge in [-0.15, -0.1) is 0 Å². The van der Waals surface area contributed by atoms with Gasteiger partial charge in [-0.3, -0.25) is 4.99 Å². The van der Waals surface area contributed by atoms with Gasteiger partial charge < -0.3 is 0 Å². The van der Waals surface area contributed by atoms with E-state index in [1.807, 2.05) is 20.8 Å². The Labute approximate surface area is 78.3 Å². The SMILES string of the molecule is CC(C)(C)/N=C/c1ccccc1F. The van der Waals surface area contributed by atoms with Gasteiger partial charge in [-0.05, 0) is 26.8 Å². The number of benzene rings is 1. The van der Waals surface area contributed by atoms with Crippen LogP contribution < -0.4 is 0 Å². The first-order valence-electron chi connectivity index (χ1n) is 4.29. The summed E-state index contributed by atoms with van der Waals surface area (Å²) in [4.78, 5) is 4.22. The van der Waals surface area contributed by atoms with E-state index in [2.05, 4.69) is 4.99 Å². The molecule has 0 radical (unpaired) electrons. The van der Waals surface area contributed by atoms with Crippen LogP contribution >= 0.6 is 0 Å². The maximum atomic E-state index is 13.1. The molecule has 2 heteroatoms. The van der Waals surface area contributed by atoms with Crippen molar-refractivity contribution in [3.05, 3.63) is 35.6 Å². The first kappa shape index (κ1) is 9.90. The second kappa shape index (κ2) is 3.69. The second-order valence-corrected chi connectivity index (χ2v) is 3.95. The molecule has 0 aliphatic carbocycles. The molecule has 0 N–H and O–H groups in total. The van der Waals surface area contributed by atoms with Crippen LogP contribution in [0.15, 0.2) is 29.3 Å². The Bertz CT molecular complexity index is 310. The molecule has 1 nitrogen and oxygen atoms in total. The zero-order chi connectivity index (χ0) is 9.90. The van der Waals surface area contributed by atoms with Gasteiger partial charge in [0, 0.05) is 11.8 Å². The smallest absolute Gasteiger partial charge is 0.131 e. The molecule has 1 rings (SSSR count). The molecular weight excluding hydrogens is 165 g/mol. The summed E-state index contributed by atoms with van der Waals surface area (Å²) in [6.07, 6.45) is 1.58. The third-order valence-corrected chi connectivity index (χ3v) is 1.50. The van der Waals surface area contributed by atoms with Gasteiger partial charge in [0.05, 0.1) is 5.54 Å². The first-order valence-corrected chi connectivity index (χ1v) is 4.29. The molecule has 0 fully saturated rings. The van der Waals surface area contributed by atoms with Crippen molar-refractivity contribution in [2.45, 2.75) is 26.3 Å². The number of nitrogens with zero attached hydrogens (tertiary/aromatic N) is 1. The van der Waals surface area contributed by atoms with Crippen LogP contribution in [-0.2, 0) is 0 Å². The van der Waals surface area contributed by atoms with E-state index >= 15 is 0 Å². The molecule has 1 aromatic carbocycles. The van der Waals surface area contributed by atoms with E-state index < -0.39 is 0 Å². The number of halogens is 1. The summed E-state index contributed by atoms with van der Waals surface area (Å²) >= 11 is 0. The molecule has 0 saturated heterocycles. The number of rotatable bonds is 1. The normalized spacial score (nSPS) is 12.3. The Morgan fingerprint density at radius 1 is 1.23 bits per heavy atom. The fourth-order valence-electron chi connectivity index (χ4n) is 0.843. The highest BCUT2D eigenvalue weighted by Crippen LogP contribution is 2.08. The molecule has 13 heavy (non-hydrogen) atoms. The van der Waals surface area contributed by atoms with Crippen LogP contribution in [0.5, 0.6) is 0 Å². The Kier molecular flexibility index (Phi) is 2.81. The van der Waals surface area contributed by atoms with Crippen LogP contribution in [0.2, 0.25) is 0 Å². The summed E-state index contributed by atoms with van der Waals surface area (Å²) in [6, 6.07) is 6.62. The van der Waals surface area contributed by atoms with Crippen molar-refractivity contribution < 1.29 is 4.39 Å². The molecule has 0 saturated carbocycles. The zero-order valence-corrected chi connectivity index (χ0v) is 8.21. The van der Waals surface area contributed by atoms with Gasteiger partial charge in [-0.25, -0.2) is 4.39 Å². The highest BCUT2D eigenvalue weighted by atomic mass is 19.1. The van der Waals surface area contributed by atoms with Crippen LogP contribution in [0, 0.1) is 5.82 Å². The van der Waals surface area contributed by atoms with Crippen LogP contribution in [-0.4, -0.2) is 11.8 Å². The molecule has 0 aromatic heterocycles. The molecule has 0 amide bonds. The Balaban J connectivity index is 2.86. The minimum absolute atomic E-state index is 0.151. The van der Waals surface area contributed by atoms with Gasteiger partial charge in [0.1, 0.15) is 5.82 Å². The third-order valence-electron chi connectivity index (χ3n) is 1.50. The maximum absolute atomic E-state index is 13.1. The highest BCUT2D eigenvalue weighted by molar-refractivity contribution is 5.80. The molecule has 0 heterocycles. The number of hydrogen-bond donors (Lipinski definition) is 0. The fourth-order valence-corrected chi connectivity index (χ4v) is 0.843. The average molecular weight is 179 g/mol. The van der Waals surface area contributed by atoms with Gasteiger partial charge >= 0.3 is 0 Å². The van der Waals surface area contributed by atoms with Crippen molar-refractivity contribution in [1.82, 2.24) is 0 Å². The molecule has 0 bridgehead atoms. The van der Waals surface area contributed by atoms with E-state index in [-0.39, 0.29) is 11.4 Å². The molecule has 1 aromatic rings. The topological polar surface area (TPSA) is 12.4 Å². The van der Waals surface area contributed by atoms with Gasteiger partial charge in [-0.1, -0.05) is 18.2 Å². The lowest BCUT2D eigenvalue weighted by atomic mass is 10.1. The van der Waals surface area contributed by atoms with E-state index in [0.29, 0.717) is 5.56 Å². The standard InChI is InChI=1S/C11H14FN/c1-11(2,3)13-8-9-6-4-5-7-10(9)12/h4-8H,1-3H3/b13-8+. The quantitative estimate of drug-likeness (QED) is 0.587. The summed E-state index contributed by atoms with van der Waals surface area (Å²) in [7, 11) is 0. The Hall–Kier alpha value is -1.18. The monoisotopic (exact) mass is 179 g/mol. The van der Waals surface area contributed by atoms with Gasteiger partial charge in [0.2, 0.25) is 0 Å². The number of hydrogen-bond acceptors (Lipinski definition) is 1. The lowest BCUT2D eigenvalue weighted by Gasteiger charge is -2.10. The van der Waals surface area contributed by atoms with Crippen molar-refractivity contribution in [2.75, 3.05) is 0 Å². The lowest BCUT2D eigenvalue weighted by molar-refractivity contribution is 0.585. The van der Waals surface area contributed by atoms with E-state index in [0.717, 1.165) is 0 Å². The highest BCUT2D eigenvalue weighted by Gasteiger charge is 2.05. The van der Waals surface area contributed by atoms with Crippen molar-refractivity contribution in [1.29, 1.82) is 0 Å². The second-order valence-electron chi connectivity index (χ2n) is 3.95. The summed E-state index contributed by atoms with van der Waals surface area (Å²) < 4.78 is 13.1. The molecule has 70 valence electrons. The maximum Gasteiger partial charge on any atom is 0.131 e. The van der Waals surface area contributed by atoms with Crippen LogP contribution in [0.3, 0.4) is 0 Å². The third kappa shape index (κ3) is 3.36. The summed E-state index contributed by atoms with van der Waals surface area (Å²) in [5, 5.41) is 0. The summed E-state index contributed by atoms with van der Waals surface area (Å²) in [5.74, 6) is -0.226. The van der Waals surface area contributed by atoms with Gasteiger partial charge in [0.25, 0.3) is 0 Å². The minimum atomic E-state index is -0.226. The number of aliphatic imine (C=N–C) groups is 1. The Morgan fingerprint density at radius 3 is 2.38 bits per heavy atom. The van der Waals surface area contributed by atoms with Crippen LogP contribution in [0.4, 0.5) is 4.39 Å². The van der Waals surface area contributed by atoms with Gasteiger partial charge in [-0.2, -0.15) is 0 Å². The minimum Gasteiger partial charge on any atom is -0.287 e. The molecular formula is C11H14FN. The Morgan fingerprint density at radius 2 is 1.85 bits per heavy atom. The van der Waals surface area contributed by atoms with Crippen molar-refractivity contribution in [3.8, 4) is 0 Å². The largest absolute Gasteiger partial charge is 0.287 e. The van der Waals surface area contributed by atoms with Crippen molar-refractivity contribution in [2.24, 2.45) is 4.99 Å². The van der Waals surface area contributed by atoms with E-state index in [1.54, 1.807) is 24.4 Å². The summed E-state index contributed by atoms with van der Waals surface area (Å²) in [5.41, 5.74) is 0.389. The van der Waals surface area contributed by atoms with Crippen LogP contribution in [0.1, 0.15) is 26.3 Å². The zero-order valence-electron chi connectivity index (χ0n) is 8.21. The molecule has 0 atom stereocenters. The van der Waals surface area contributed by atoms with Crippen LogP contribution in [0.25, 0.3) is 0 Å². The van der Waals surface area contributed by atoms with Gasteiger partial charge in [0.15, 0.2) is 0 Å². The molecule has 0 unspecified atom stereocenters.